The Morgan fingerprint density at radius 1 is 1.04 bits per heavy atom. The van der Waals surface area contributed by atoms with E-state index in [1.807, 2.05) is 0 Å². The van der Waals surface area contributed by atoms with Crippen LogP contribution in [0.15, 0.2) is 48.5 Å². The lowest BCUT2D eigenvalue weighted by Gasteiger charge is -2.19. The van der Waals surface area contributed by atoms with E-state index in [4.69, 9.17) is 4.74 Å². The number of esters is 1. The van der Waals surface area contributed by atoms with Crippen LogP contribution in [-0.4, -0.2) is 32.1 Å². The third-order valence-electron chi connectivity index (χ3n) is 3.88. The molecular formula is C19H18F3NO4. The highest BCUT2D eigenvalue weighted by Gasteiger charge is 2.35. The lowest BCUT2D eigenvalue weighted by Crippen LogP contribution is -2.43. The maximum atomic E-state index is 13.1. The first-order valence-electron chi connectivity index (χ1n) is 7.94. The first-order valence-corrected chi connectivity index (χ1v) is 7.94. The molecule has 0 bridgehead atoms. The smallest absolute Gasteiger partial charge is 0.417 e. The third-order valence-corrected chi connectivity index (χ3v) is 3.88. The van der Waals surface area contributed by atoms with Crippen LogP contribution in [0.1, 0.15) is 21.5 Å². The average Bonchev–Trinajstić information content (AvgIpc) is 2.66. The lowest BCUT2D eigenvalue weighted by atomic mass is 10.0. The molecule has 0 radical (unpaired) electrons. The van der Waals surface area contributed by atoms with Crippen LogP contribution in [0.5, 0.6) is 5.75 Å². The van der Waals surface area contributed by atoms with Crippen molar-refractivity contribution in [1.82, 2.24) is 5.32 Å². The highest BCUT2D eigenvalue weighted by Crippen LogP contribution is 2.32. The molecule has 27 heavy (non-hydrogen) atoms. The Balaban J connectivity index is 2.30. The predicted octanol–water partition coefficient (Wildman–Crippen LogP) is 3.23. The Morgan fingerprint density at radius 2 is 1.67 bits per heavy atom. The second-order valence-electron chi connectivity index (χ2n) is 5.61. The van der Waals surface area contributed by atoms with Gasteiger partial charge in [0.15, 0.2) is 0 Å². The molecule has 0 aliphatic carbocycles. The van der Waals surface area contributed by atoms with Gasteiger partial charge in [0.1, 0.15) is 11.8 Å². The minimum atomic E-state index is -4.70. The predicted molar refractivity (Wildman–Crippen MR) is 91.4 cm³/mol. The molecule has 1 N–H and O–H groups in total. The molecule has 0 aromatic heterocycles. The first-order chi connectivity index (χ1) is 12.8. The molecular weight excluding hydrogens is 363 g/mol. The van der Waals surface area contributed by atoms with Crippen LogP contribution in [0.2, 0.25) is 0 Å². The number of carbonyl (C=O) groups excluding carboxylic acids is 2. The molecule has 0 heterocycles. The van der Waals surface area contributed by atoms with Crippen LogP contribution < -0.4 is 10.1 Å². The van der Waals surface area contributed by atoms with Crippen molar-refractivity contribution in [2.75, 3.05) is 14.2 Å². The zero-order valence-electron chi connectivity index (χ0n) is 14.7. The van der Waals surface area contributed by atoms with Crippen LogP contribution in [0.3, 0.4) is 0 Å². The van der Waals surface area contributed by atoms with E-state index in [2.05, 4.69) is 10.1 Å². The lowest BCUT2D eigenvalue weighted by molar-refractivity contribution is -0.142. The molecule has 0 saturated carbocycles. The number of nitrogens with one attached hydrogen (secondary N) is 1. The number of carbonyl (C=O) groups is 2. The number of benzene rings is 2. The number of ether oxygens (including phenoxy) is 2. The summed E-state index contributed by atoms with van der Waals surface area (Å²) in [6.07, 6.45) is -4.70. The number of para-hydroxylation sites is 1. The van der Waals surface area contributed by atoms with Gasteiger partial charge in [0.25, 0.3) is 5.91 Å². The molecule has 0 aliphatic rings. The summed E-state index contributed by atoms with van der Waals surface area (Å²) in [5, 5.41) is 2.33. The van der Waals surface area contributed by atoms with Crippen molar-refractivity contribution in [3.8, 4) is 5.75 Å². The fourth-order valence-corrected chi connectivity index (χ4v) is 2.59. The summed E-state index contributed by atoms with van der Waals surface area (Å²) in [6.45, 7) is 0. The molecule has 144 valence electrons. The van der Waals surface area contributed by atoms with Crippen LogP contribution in [0, 0.1) is 0 Å². The fraction of sp³-hybridized carbons (Fsp3) is 0.263. The van der Waals surface area contributed by atoms with E-state index in [0.717, 1.165) is 19.2 Å². The topological polar surface area (TPSA) is 64.6 Å². The molecule has 1 atom stereocenters. The van der Waals surface area contributed by atoms with E-state index < -0.39 is 35.2 Å². The molecule has 5 nitrogen and oxygen atoms in total. The highest BCUT2D eigenvalue weighted by molar-refractivity contribution is 5.98. The number of rotatable bonds is 6. The van der Waals surface area contributed by atoms with E-state index >= 15 is 0 Å². The van der Waals surface area contributed by atoms with Crippen molar-refractivity contribution in [2.45, 2.75) is 18.6 Å². The molecule has 1 amide bonds. The molecule has 0 spiro atoms. The number of methoxy groups -OCH3 is 2. The van der Waals surface area contributed by atoms with Crippen molar-refractivity contribution < 1.29 is 32.2 Å². The Hall–Kier alpha value is -3.03. The monoisotopic (exact) mass is 381 g/mol. The van der Waals surface area contributed by atoms with Gasteiger partial charge >= 0.3 is 12.1 Å². The summed E-state index contributed by atoms with van der Waals surface area (Å²) in [7, 11) is 2.58. The number of alkyl halides is 3. The summed E-state index contributed by atoms with van der Waals surface area (Å²) in [4.78, 5) is 24.5. The summed E-state index contributed by atoms with van der Waals surface area (Å²) in [6, 6.07) is 9.98. The molecule has 0 aliphatic heterocycles. The van der Waals surface area contributed by atoms with Gasteiger partial charge in [-0.3, -0.25) is 4.79 Å². The standard InChI is InChI=1S/C19H18F3NO4/c1-26-16-10-6-3-7-12(16)11-15(18(25)27-2)23-17(24)13-8-4-5-9-14(13)19(20,21)22/h3-10,15H,11H2,1-2H3,(H,23,24)/t15-/m0/s1. The van der Waals surface area contributed by atoms with Crippen molar-refractivity contribution in [2.24, 2.45) is 0 Å². The SMILES string of the molecule is COC(=O)[C@H](Cc1ccccc1OC)NC(=O)c1ccccc1C(F)(F)F. The van der Waals surface area contributed by atoms with Gasteiger partial charge in [-0.2, -0.15) is 13.2 Å². The summed E-state index contributed by atoms with van der Waals surface area (Å²) in [5.41, 5.74) is -1.05. The van der Waals surface area contributed by atoms with Gasteiger partial charge in [0.05, 0.1) is 25.3 Å². The molecule has 0 unspecified atom stereocenters. The fourth-order valence-electron chi connectivity index (χ4n) is 2.59. The second-order valence-corrected chi connectivity index (χ2v) is 5.61. The molecule has 8 heteroatoms. The van der Waals surface area contributed by atoms with E-state index in [-0.39, 0.29) is 6.42 Å². The van der Waals surface area contributed by atoms with Crippen molar-refractivity contribution in [3.63, 3.8) is 0 Å². The third kappa shape index (κ3) is 4.99. The Kier molecular flexibility index (Phi) is 6.44. The zero-order valence-corrected chi connectivity index (χ0v) is 14.7. The van der Waals surface area contributed by atoms with Crippen molar-refractivity contribution >= 4 is 11.9 Å². The van der Waals surface area contributed by atoms with Crippen molar-refractivity contribution in [3.05, 3.63) is 65.2 Å². The highest BCUT2D eigenvalue weighted by atomic mass is 19.4. The molecule has 0 fully saturated rings. The molecule has 2 rings (SSSR count). The Labute approximate surface area is 154 Å². The average molecular weight is 381 g/mol. The summed E-state index contributed by atoms with van der Waals surface area (Å²) >= 11 is 0. The van der Waals surface area contributed by atoms with Gasteiger partial charge in [0.2, 0.25) is 0 Å². The summed E-state index contributed by atoms with van der Waals surface area (Å²) in [5.74, 6) is -1.32. The Morgan fingerprint density at radius 3 is 2.30 bits per heavy atom. The van der Waals surface area contributed by atoms with Crippen LogP contribution in [0.25, 0.3) is 0 Å². The normalized spacial score (nSPS) is 12.2. The second kappa shape index (κ2) is 8.57. The number of amides is 1. The number of hydrogen-bond acceptors (Lipinski definition) is 4. The maximum Gasteiger partial charge on any atom is 0.417 e. The zero-order chi connectivity index (χ0) is 20.0. The van der Waals surface area contributed by atoms with E-state index in [0.29, 0.717) is 11.3 Å². The van der Waals surface area contributed by atoms with Crippen LogP contribution in [0.4, 0.5) is 13.2 Å². The minimum Gasteiger partial charge on any atom is -0.496 e. The molecule has 2 aromatic rings. The van der Waals surface area contributed by atoms with Gasteiger partial charge in [-0.15, -0.1) is 0 Å². The first kappa shape index (κ1) is 20.3. The largest absolute Gasteiger partial charge is 0.496 e. The van der Waals surface area contributed by atoms with E-state index in [1.165, 1.54) is 19.2 Å². The number of hydrogen-bond donors (Lipinski definition) is 1. The van der Waals surface area contributed by atoms with Gasteiger partial charge < -0.3 is 14.8 Å². The van der Waals surface area contributed by atoms with Crippen LogP contribution in [-0.2, 0) is 22.1 Å². The van der Waals surface area contributed by atoms with Crippen molar-refractivity contribution in [1.29, 1.82) is 0 Å². The van der Waals surface area contributed by atoms with E-state index in [9.17, 15) is 22.8 Å². The number of halogens is 3. The van der Waals surface area contributed by atoms with E-state index in [1.54, 1.807) is 24.3 Å². The molecule has 2 aromatic carbocycles. The van der Waals surface area contributed by atoms with Gasteiger partial charge in [-0.05, 0) is 23.8 Å². The quantitative estimate of drug-likeness (QED) is 0.781. The van der Waals surface area contributed by atoms with Gasteiger partial charge in [-0.1, -0.05) is 30.3 Å². The summed E-state index contributed by atoms with van der Waals surface area (Å²) < 4.78 is 49.3. The maximum absolute atomic E-state index is 13.1. The van der Waals surface area contributed by atoms with Gasteiger partial charge in [-0.25, -0.2) is 4.79 Å². The minimum absolute atomic E-state index is 0.00336. The van der Waals surface area contributed by atoms with Crippen LogP contribution >= 0.6 is 0 Å². The van der Waals surface area contributed by atoms with Gasteiger partial charge in [0, 0.05) is 6.42 Å². The molecule has 0 saturated heterocycles. The Bertz CT molecular complexity index is 821.